The molecule has 1 saturated heterocycles. The molecule has 0 atom stereocenters. The number of aryl methyl sites for hydroxylation is 1. The smallest absolute Gasteiger partial charge is 0.223 e. The minimum atomic E-state index is 0.212. The summed E-state index contributed by atoms with van der Waals surface area (Å²) >= 11 is 12.1. The van der Waals surface area contributed by atoms with Crippen molar-refractivity contribution in [3.63, 3.8) is 0 Å². The Balaban J connectivity index is 1.50. The van der Waals surface area contributed by atoms with E-state index in [4.69, 9.17) is 23.2 Å². The van der Waals surface area contributed by atoms with Crippen LogP contribution in [-0.2, 0) is 11.2 Å². The third-order valence-corrected chi connectivity index (χ3v) is 4.94. The summed E-state index contributed by atoms with van der Waals surface area (Å²) in [5.41, 5.74) is 2.19. The third-order valence-electron chi connectivity index (χ3n) is 4.37. The number of rotatable bonds is 4. The Morgan fingerprint density at radius 1 is 0.917 bits per heavy atom. The van der Waals surface area contributed by atoms with Gasteiger partial charge in [0, 0.05) is 37.6 Å². The molecular weight excluding hydrogens is 343 g/mol. The van der Waals surface area contributed by atoms with Crippen molar-refractivity contribution in [3.05, 3.63) is 64.1 Å². The van der Waals surface area contributed by atoms with E-state index in [1.54, 1.807) is 0 Å². The van der Waals surface area contributed by atoms with Crippen LogP contribution in [0.5, 0.6) is 0 Å². The molecule has 0 aromatic heterocycles. The maximum Gasteiger partial charge on any atom is 0.223 e. The topological polar surface area (TPSA) is 23.6 Å². The van der Waals surface area contributed by atoms with Crippen LogP contribution < -0.4 is 4.90 Å². The van der Waals surface area contributed by atoms with E-state index in [0.29, 0.717) is 6.42 Å². The number of carbonyl (C=O) groups is 1. The Hall–Kier alpha value is -1.71. The Labute approximate surface area is 152 Å². The minimum Gasteiger partial charge on any atom is -0.367 e. The monoisotopic (exact) mass is 362 g/mol. The molecule has 2 aromatic carbocycles. The summed E-state index contributed by atoms with van der Waals surface area (Å²) in [4.78, 5) is 16.6. The highest BCUT2D eigenvalue weighted by atomic mass is 35.5. The van der Waals surface area contributed by atoms with E-state index in [-0.39, 0.29) is 5.91 Å². The van der Waals surface area contributed by atoms with Crippen molar-refractivity contribution in [2.75, 3.05) is 31.1 Å². The van der Waals surface area contributed by atoms with E-state index in [1.165, 1.54) is 0 Å². The number of hydrogen-bond donors (Lipinski definition) is 0. The van der Waals surface area contributed by atoms with E-state index in [1.807, 2.05) is 53.4 Å². The Morgan fingerprint density at radius 3 is 2.25 bits per heavy atom. The number of halogens is 2. The predicted molar refractivity (Wildman–Crippen MR) is 100 cm³/mol. The molecule has 126 valence electrons. The Kier molecular flexibility index (Phi) is 5.64. The standard InChI is InChI=1S/C19H20Cl2N2O/c20-16-8-5-15(6-9-16)7-10-19(24)23-13-11-22(12-14-23)18-4-2-1-3-17(18)21/h1-6,8-9H,7,10-14H2. The van der Waals surface area contributed by atoms with Crippen LogP contribution >= 0.6 is 23.2 Å². The van der Waals surface area contributed by atoms with Gasteiger partial charge in [0.1, 0.15) is 0 Å². The lowest BCUT2D eigenvalue weighted by Crippen LogP contribution is -2.48. The molecule has 0 N–H and O–H groups in total. The van der Waals surface area contributed by atoms with Gasteiger partial charge >= 0.3 is 0 Å². The fourth-order valence-corrected chi connectivity index (χ4v) is 3.35. The fraction of sp³-hybridized carbons (Fsp3) is 0.316. The molecule has 3 rings (SSSR count). The molecule has 1 heterocycles. The summed E-state index contributed by atoms with van der Waals surface area (Å²) in [6, 6.07) is 15.5. The average molecular weight is 363 g/mol. The van der Waals surface area contributed by atoms with E-state index >= 15 is 0 Å². The highest BCUT2D eigenvalue weighted by Crippen LogP contribution is 2.26. The van der Waals surface area contributed by atoms with Crippen molar-refractivity contribution < 1.29 is 4.79 Å². The quantitative estimate of drug-likeness (QED) is 0.810. The number of anilines is 1. The zero-order valence-electron chi connectivity index (χ0n) is 13.4. The van der Waals surface area contributed by atoms with Crippen molar-refractivity contribution in [2.24, 2.45) is 0 Å². The van der Waals surface area contributed by atoms with Crippen LogP contribution in [0, 0.1) is 0 Å². The molecule has 0 spiro atoms. The van der Waals surface area contributed by atoms with Crippen LogP contribution in [0.4, 0.5) is 5.69 Å². The van der Waals surface area contributed by atoms with Crippen LogP contribution in [0.25, 0.3) is 0 Å². The molecule has 1 aliphatic heterocycles. The van der Waals surface area contributed by atoms with Gasteiger partial charge in [-0.25, -0.2) is 0 Å². The second-order valence-electron chi connectivity index (χ2n) is 5.95. The van der Waals surface area contributed by atoms with E-state index in [2.05, 4.69) is 4.90 Å². The van der Waals surface area contributed by atoms with Gasteiger partial charge in [-0.05, 0) is 36.2 Å². The zero-order chi connectivity index (χ0) is 16.9. The molecule has 5 heteroatoms. The van der Waals surface area contributed by atoms with Crippen LogP contribution in [-0.4, -0.2) is 37.0 Å². The third kappa shape index (κ3) is 4.22. The van der Waals surface area contributed by atoms with Gasteiger partial charge in [0.05, 0.1) is 10.7 Å². The normalized spacial score (nSPS) is 14.8. The molecule has 0 saturated carbocycles. The lowest BCUT2D eigenvalue weighted by molar-refractivity contribution is -0.131. The van der Waals surface area contributed by atoms with Gasteiger partial charge in [-0.2, -0.15) is 0 Å². The van der Waals surface area contributed by atoms with Crippen molar-refractivity contribution in [3.8, 4) is 0 Å². The van der Waals surface area contributed by atoms with Gasteiger partial charge in [0.2, 0.25) is 5.91 Å². The number of amides is 1. The molecule has 0 radical (unpaired) electrons. The van der Waals surface area contributed by atoms with Gasteiger partial charge in [-0.3, -0.25) is 4.79 Å². The van der Waals surface area contributed by atoms with Crippen LogP contribution in [0.2, 0.25) is 10.0 Å². The second-order valence-corrected chi connectivity index (χ2v) is 6.79. The minimum absolute atomic E-state index is 0.212. The van der Waals surface area contributed by atoms with E-state index in [0.717, 1.165) is 53.9 Å². The van der Waals surface area contributed by atoms with Gasteiger partial charge in [0.15, 0.2) is 0 Å². The first-order valence-electron chi connectivity index (χ1n) is 8.15. The van der Waals surface area contributed by atoms with Crippen LogP contribution in [0.15, 0.2) is 48.5 Å². The van der Waals surface area contributed by atoms with Crippen LogP contribution in [0.1, 0.15) is 12.0 Å². The van der Waals surface area contributed by atoms with E-state index < -0.39 is 0 Å². The van der Waals surface area contributed by atoms with Crippen molar-refractivity contribution in [2.45, 2.75) is 12.8 Å². The number of nitrogens with zero attached hydrogens (tertiary/aromatic N) is 2. The summed E-state index contributed by atoms with van der Waals surface area (Å²) in [5, 5.41) is 1.49. The molecule has 2 aromatic rings. The first-order chi connectivity index (χ1) is 11.6. The predicted octanol–water partition coefficient (Wildman–Crippen LogP) is 4.27. The lowest BCUT2D eigenvalue weighted by atomic mass is 10.1. The van der Waals surface area contributed by atoms with Gasteiger partial charge in [-0.1, -0.05) is 47.5 Å². The average Bonchev–Trinajstić information content (AvgIpc) is 2.61. The molecule has 1 amide bonds. The molecule has 0 unspecified atom stereocenters. The summed E-state index contributed by atoms with van der Waals surface area (Å²) in [7, 11) is 0. The van der Waals surface area contributed by atoms with Gasteiger partial charge in [-0.15, -0.1) is 0 Å². The summed E-state index contributed by atoms with van der Waals surface area (Å²) in [5.74, 6) is 0.212. The largest absolute Gasteiger partial charge is 0.367 e. The first-order valence-corrected chi connectivity index (χ1v) is 8.91. The van der Waals surface area contributed by atoms with E-state index in [9.17, 15) is 4.79 Å². The van der Waals surface area contributed by atoms with Crippen molar-refractivity contribution in [1.29, 1.82) is 0 Å². The van der Waals surface area contributed by atoms with Gasteiger partial charge in [0.25, 0.3) is 0 Å². The summed E-state index contributed by atoms with van der Waals surface area (Å²) in [6.07, 6.45) is 1.29. The molecule has 3 nitrogen and oxygen atoms in total. The number of hydrogen-bond acceptors (Lipinski definition) is 2. The molecule has 0 aliphatic carbocycles. The maximum atomic E-state index is 12.4. The number of para-hydroxylation sites is 1. The maximum absolute atomic E-state index is 12.4. The van der Waals surface area contributed by atoms with Crippen molar-refractivity contribution in [1.82, 2.24) is 4.90 Å². The summed E-state index contributed by atoms with van der Waals surface area (Å²) in [6.45, 7) is 3.11. The van der Waals surface area contributed by atoms with Gasteiger partial charge < -0.3 is 9.80 Å². The number of benzene rings is 2. The lowest BCUT2D eigenvalue weighted by Gasteiger charge is -2.36. The molecule has 0 bridgehead atoms. The number of piperazine rings is 1. The molecular formula is C19H20Cl2N2O. The number of carbonyl (C=O) groups excluding carboxylic acids is 1. The highest BCUT2D eigenvalue weighted by Gasteiger charge is 2.21. The summed E-state index contributed by atoms with van der Waals surface area (Å²) < 4.78 is 0. The molecule has 1 fully saturated rings. The Morgan fingerprint density at radius 2 is 1.58 bits per heavy atom. The van der Waals surface area contributed by atoms with Crippen LogP contribution in [0.3, 0.4) is 0 Å². The fourth-order valence-electron chi connectivity index (χ4n) is 2.97. The van der Waals surface area contributed by atoms with Crippen molar-refractivity contribution >= 4 is 34.8 Å². The SMILES string of the molecule is O=C(CCc1ccc(Cl)cc1)N1CCN(c2ccccc2Cl)CC1. The highest BCUT2D eigenvalue weighted by molar-refractivity contribution is 6.33. The molecule has 24 heavy (non-hydrogen) atoms. The Bertz CT molecular complexity index is 695. The molecule has 1 aliphatic rings. The zero-order valence-corrected chi connectivity index (χ0v) is 14.9. The second kappa shape index (κ2) is 7.91. The first kappa shape index (κ1) is 17.1.